The summed E-state index contributed by atoms with van der Waals surface area (Å²) in [4.78, 5) is 37.7. The Morgan fingerprint density at radius 3 is 2.07 bits per heavy atom. The van der Waals surface area contributed by atoms with Gasteiger partial charge in [-0.25, -0.2) is 4.79 Å². The van der Waals surface area contributed by atoms with Crippen molar-refractivity contribution in [2.24, 2.45) is 5.92 Å². The summed E-state index contributed by atoms with van der Waals surface area (Å²) in [5.41, 5.74) is 4.65. The Balaban J connectivity index is 1.09. The standard InChI is InChI=1S/C38H37NO7/c40-36(39-22-20-31(21-23-39)37(41)42)34-25-32(38(43)44)16-19-35(34)45-24-4-7-28-14-17-33(18-15-28)46-26-30-12-10-29(11-13-30)9-8-27-5-2-1-3-6-27/h1-3,5-6,8-19,25,31H,4,7,20-24,26H2,(H,41,42)(H,43,44)/b9-8+. The smallest absolute Gasteiger partial charge is 0.335 e. The third kappa shape index (κ3) is 8.85. The van der Waals surface area contributed by atoms with Gasteiger partial charge in [0, 0.05) is 13.1 Å². The molecule has 1 heterocycles. The van der Waals surface area contributed by atoms with Crippen LogP contribution in [-0.2, 0) is 17.8 Å². The van der Waals surface area contributed by atoms with Gasteiger partial charge < -0.3 is 24.6 Å². The predicted molar refractivity (Wildman–Crippen MR) is 176 cm³/mol. The summed E-state index contributed by atoms with van der Waals surface area (Å²) in [7, 11) is 0. The number of carboxylic acids is 2. The number of aliphatic carboxylic acids is 1. The summed E-state index contributed by atoms with van der Waals surface area (Å²) in [5, 5.41) is 18.7. The lowest BCUT2D eigenvalue weighted by atomic mass is 9.96. The van der Waals surface area contributed by atoms with E-state index < -0.39 is 17.9 Å². The van der Waals surface area contributed by atoms with Gasteiger partial charge in [0.25, 0.3) is 5.91 Å². The van der Waals surface area contributed by atoms with Crippen molar-refractivity contribution in [1.82, 2.24) is 4.90 Å². The number of piperidine rings is 1. The number of hydrogen-bond acceptors (Lipinski definition) is 5. The molecule has 46 heavy (non-hydrogen) atoms. The molecule has 1 aliphatic rings. The molecule has 0 aliphatic carbocycles. The largest absolute Gasteiger partial charge is 0.493 e. The number of rotatable bonds is 13. The van der Waals surface area contributed by atoms with Gasteiger partial charge in [-0.2, -0.15) is 0 Å². The summed E-state index contributed by atoms with van der Waals surface area (Å²) in [6, 6.07) is 30.7. The first-order valence-corrected chi connectivity index (χ1v) is 15.4. The zero-order valence-electron chi connectivity index (χ0n) is 25.5. The monoisotopic (exact) mass is 619 g/mol. The van der Waals surface area contributed by atoms with Gasteiger partial charge in [0.2, 0.25) is 0 Å². The summed E-state index contributed by atoms with van der Waals surface area (Å²) < 4.78 is 11.9. The quantitative estimate of drug-likeness (QED) is 0.121. The van der Waals surface area contributed by atoms with Gasteiger partial charge in [-0.05, 0) is 78.3 Å². The van der Waals surface area contributed by atoms with Gasteiger partial charge in [0.1, 0.15) is 18.1 Å². The van der Waals surface area contributed by atoms with Gasteiger partial charge in [-0.1, -0.05) is 78.9 Å². The van der Waals surface area contributed by atoms with Crippen molar-refractivity contribution >= 4 is 30.0 Å². The number of carbonyl (C=O) groups is 3. The van der Waals surface area contributed by atoms with E-state index in [1.165, 1.54) is 18.2 Å². The van der Waals surface area contributed by atoms with E-state index in [0.29, 0.717) is 51.3 Å². The van der Waals surface area contributed by atoms with Crippen molar-refractivity contribution in [1.29, 1.82) is 0 Å². The molecule has 8 nitrogen and oxygen atoms in total. The molecule has 1 fully saturated rings. The molecule has 0 aromatic heterocycles. The molecule has 1 saturated heterocycles. The predicted octanol–water partition coefficient (Wildman–Crippen LogP) is 7.08. The average molecular weight is 620 g/mol. The molecule has 2 N–H and O–H groups in total. The van der Waals surface area contributed by atoms with Crippen LogP contribution in [0.2, 0.25) is 0 Å². The highest BCUT2D eigenvalue weighted by Gasteiger charge is 2.29. The van der Waals surface area contributed by atoms with Gasteiger partial charge in [-0.3, -0.25) is 9.59 Å². The Hall–Kier alpha value is -5.37. The molecular formula is C38H37NO7. The molecule has 1 aliphatic heterocycles. The van der Waals surface area contributed by atoms with E-state index in [0.717, 1.165) is 34.4 Å². The first kappa shape index (κ1) is 32.0. The van der Waals surface area contributed by atoms with E-state index >= 15 is 0 Å². The second-order valence-corrected chi connectivity index (χ2v) is 11.3. The molecule has 4 aromatic rings. The normalized spacial score (nSPS) is 13.4. The van der Waals surface area contributed by atoms with Crippen LogP contribution < -0.4 is 9.47 Å². The number of carboxylic acid groups (broad SMARTS) is 2. The maximum atomic E-state index is 13.3. The maximum Gasteiger partial charge on any atom is 0.335 e. The highest BCUT2D eigenvalue weighted by atomic mass is 16.5. The number of aryl methyl sites for hydroxylation is 1. The van der Waals surface area contributed by atoms with Crippen LogP contribution in [0.15, 0.2) is 97.1 Å². The number of carbonyl (C=O) groups excluding carboxylic acids is 1. The SMILES string of the molecule is O=C(O)c1ccc(OCCCc2ccc(OCc3ccc(/C=C/c4ccccc4)cc3)cc2)c(C(=O)N2CCC(C(=O)O)CC2)c1. The molecule has 0 spiro atoms. The van der Waals surface area contributed by atoms with Crippen molar-refractivity contribution < 1.29 is 34.1 Å². The Kier molecular flexibility index (Phi) is 10.8. The first-order valence-electron chi connectivity index (χ1n) is 15.4. The van der Waals surface area contributed by atoms with Gasteiger partial charge >= 0.3 is 11.9 Å². The Labute approximate surface area is 268 Å². The Morgan fingerprint density at radius 2 is 1.41 bits per heavy atom. The minimum absolute atomic E-state index is 0.00793. The number of benzene rings is 4. The molecule has 4 aromatic carbocycles. The van der Waals surface area contributed by atoms with E-state index in [-0.39, 0.29) is 17.0 Å². The molecular weight excluding hydrogens is 582 g/mol. The number of hydrogen-bond donors (Lipinski definition) is 2. The van der Waals surface area contributed by atoms with E-state index in [1.54, 1.807) is 4.90 Å². The second kappa shape index (κ2) is 15.6. The number of aromatic carboxylic acids is 1. The fourth-order valence-corrected chi connectivity index (χ4v) is 5.31. The third-order valence-electron chi connectivity index (χ3n) is 8.03. The molecule has 0 unspecified atom stereocenters. The van der Waals surface area contributed by atoms with E-state index in [2.05, 4.69) is 48.6 Å². The minimum Gasteiger partial charge on any atom is -0.493 e. The Morgan fingerprint density at radius 1 is 0.761 bits per heavy atom. The van der Waals surface area contributed by atoms with Crippen LogP contribution in [0.5, 0.6) is 11.5 Å². The van der Waals surface area contributed by atoms with Crippen LogP contribution in [0.25, 0.3) is 12.2 Å². The number of amides is 1. The molecule has 8 heteroatoms. The van der Waals surface area contributed by atoms with Crippen LogP contribution in [0.4, 0.5) is 0 Å². The summed E-state index contributed by atoms with van der Waals surface area (Å²) >= 11 is 0. The van der Waals surface area contributed by atoms with Gasteiger partial charge in [0.05, 0.1) is 23.7 Å². The van der Waals surface area contributed by atoms with Crippen molar-refractivity contribution in [2.45, 2.75) is 32.3 Å². The lowest BCUT2D eigenvalue weighted by Crippen LogP contribution is -2.40. The summed E-state index contributed by atoms with van der Waals surface area (Å²) in [5.74, 6) is -1.73. The lowest BCUT2D eigenvalue weighted by Gasteiger charge is -2.30. The van der Waals surface area contributed by atoms with Crippen LogP contribution in [0.3, 0.4) is 0 Å². The molecule has 0 saturated carbocycles. The topological polar surface area (TPSA) is 113 Å². The van der Waals surface area contributed by atoms with Gasteiger partial charge in [0.15, 0.2) is 0 Å². The number of ether oxygens (including phenoxy) is 2. The zero-order chi connectivity index (χ0) is 32.3. The van der Waals surface area contributed by atoms with Crippen molar-refractivity contribution in [3.8, 4) is 11.5 Å². The summed E-state index contributed by atoms with van der Waals surface area (Å²) in [6.07, 6.45) is 6.33. The molecule has 5 rings (SSSR count). The van der Waals surface area contributed by atoms with Gasteiger partial charge in [-0.15, -0.1) is 0 Å². The van der Waals surface area contributed by atoms with Crippen LogP contribution in [-0.4, -0.2) is 52.7 Å². The molecule has 0 atom stereocenters. The molecule has 1 amide bonds. The average Bonchev–Trinajstić information content (AvgIpc) is 3.09. The third-order valence-corrected chi connectivity index (χ3v) is 8.03. The van der Waals surface area contributed by atoms with Crippen LogP contribution in [0.1, 0.15) is 62.2 Å². The maximum absolute atomic E-state index is 13.3. The second-order valence-electron chi connectivity index (χ2n) is 11.3. The highest BCUT2D eigenvalue weighted by molar-refractivity contribution is 6.00. The van der Waals surface area contributed by atoms with E-state index in [4.69, 9.17) is 9.47 Å². The van der Waals surface area contributed by atoms with Crippen molar-refractivity contribution in [3.05, 3.63) is 130 Å². The summed E-state index contributed by atoms with van der Waals surface area (Å²) in [6.45, 7) is 1.40. The molecule has 0 radical (unpaired) electrons. The fourth-order valence-electron chi connectivity index (χ4n) is 5.31. The number of nitrogens with zero attached hydrogens (tertiary/aromatic N) is 1. The first-order chi connectivity index (χ1) is 22.4. The highest BCUT2D eigenvalue weighted by Crippen LogP contribution is 2.26. The number of likely N-dealkylation sites (tertiary alicyclic amines) is 1. The van der Waals surface area contributed by atoms with Crippen LogP contribution >= 0.6 is 0 Å². The lowest BCUT2D eigenvalue weighted by molar-refractivity contribution is -0.143. The Bertz CT molecular complexity index is 1660. The fraction of sp³-hybridized carbons (Fsp3) is 0.237. The molecule has 0 bridgehead atoms. The van der Waals surface area contributed by atoms with E-state index in [9.17, 15) is 24.6 Å². The van der Waals surface area contributed by atoms with Crippen LogP contribution in [0, 0.1) is 5.92 Å². The van der Waals surface area contributed by atoms with E-state index in [1.807, 2.05) is 42.5 Å². The molecule has 236 valence electrons. The zero-order valence-corrected chi connectivity index (χ0v) is 25.5. The van der Waals surface area contributed by atoms with Crippen molar-refractivity contribution in [3.63, 3.8) is 0 Å². The van der Waals surface area contributed by atoms with Crippen molar-refractivity contribution in [2.75, 3.05) is 19.7 Å². The minimum atomic E-state index is -1.14.